The number of hydrogen-bond acceptors (Lipinski definition) is 4. The average Bonchev–Trinajstić information content (AvgIpc) is 3.06. The summed E-state index contributed by atoms with van der Waals surface area (Å²) in [6.07, 6.45) is -0.854. The third-order valence-corrected chi connectivity index (χ3v) is 4.02. The maximum atomic E-state index is 13.4. The second-order valence-corrected chi connectivity index (χ2v) is 6.10. The van der Waals surface area contributed by atoms with E-state index in [-0.39, 0.29) is 11.3 Å². The van der Waals surface area contributed by atoms with E-state index in [9.17, 15) is 18.0 Å². The zero-order chi connectivity index (χ0) is 19.4. The summed E-state index contributed by atoms with van der Waals surface area (Å²) in [4.78, 5) is 20.4. The van der Waals surface area contributed by atoms with Crippen LogP contribution in [-0.2, 0) is 6.42 Å². The molecule has 0 aliphatic carbocycles. The second kappa shape index (κ2) is 7.77. The van der Waals surface area contributed by atoms with E-state index in [4.69, 9.17) is 4.42 Å². The van der Waals surface area contributed by atoms with Crippen molar-refractivity contribution in [3.63, 3.8) is 0 Å². The van der Waals surface area contributed by atoms with Crippen molar-refractivity contribution in [2.45, 2.75) is 38.4 Å². The van der Waals surface area contributed by atoms with Gasteiger partial charge in [-0.15, -0.1) is 0 Å². The van der Waals surface area contributed by atoms with Crippen molar-refractivity contribution in [2.75, 3.05) is 0 Å². The van der Waals surface area contributed by atoms with Gasteiger partial charge < -0.3 is 9.73 Å². The molecule has 0 spiro atoms. The van der Waals surface area contributed by atoms with Gasteiger partial charge in [0.05, 0.1) is 5.69 Å². The lowest BCUT2D eigenvalue weighted by molar-refractivity contribution is -0.156. The van der Waals surface area contributed by atoms with E-state index < -0.39 is 18.1 Å². The molecule has 0 aliphatic rings. The van der Waals surface area contributed by atoms with Gasteiger partial charge in [-0.2, -0.15) is 13.2 Å². The molecule has 1 N–H and O–H groups in total. The van der Waals surface area contributed by atoms with Crippen LogP contribution in [0.1, 0.15) is 47.7 Å². The fourth-order valence-electron chi connectivity index (χ4n) is 2.64. The van der Waals surface area contributed by atoms with Gasteiger partial charge in [0.15, 0.2) is 17.5 Å². The average molecular weight is 377 g/mol. The number of nitrogens with one attached hydrogen (secondary N) is 1. The lowest BCUT2D eigenvalue weighted by Gasteiger charge is -2.21. The number of oxazole rings is 1. The molecule has 142 valence electrons. The number of carbonyl (C=O) groups excluding carboxylic acids is 1. The number of pyridine rings is 1. The first-order valence-corrected chi connectivity index (χ1v) is 8.56. The number of aromatic nitrogens is 2. The Kier molecular flexibility index (Phi) is 5.43. The summed E-state index contributed by atoms with van der Waals surface area (Å²) in [5, 5.41) is 2.01. The number of aryl methyl sites for hydroxylation is 1. The number of rotatable bonds is 6. The van der Waals surface area contributed by atoms with E-state index in [0.29, 0.717) is 23.4 Å². The molecule has 0 fully saturated rings. The molecule has 1 atom stereocenters. The molecule has 8 heteroatoms. The molecule has 0 radical (unpaired) electrons. The normalized spacial score (nSPS) is 12.9. The molecule has 0 unspecified atom stereocenters. The number of nitrogens with zero attached hydrogens (tertiary/aromatic N) is 2. The number of fused-ring (bicyclic) bond motifs is 1. The molecule has 3 aromatic rings. The number of carbonyl (C=O) groups is 1. The van der Waals surface area contributed by atoms with Gasteiger partial charge in [0.1, 0.15) is 5.52 Å². The molecule has 0 saturated carbocycles. The van der Waals surface area contributed by atoms with Gasteiger partial charge in [-0.05, 0) is 36.8 Å². The SMILES string of the molecule is CCCCc1nc2cc(C(=O)N[C@H](c3ccccn3)C(F)(F)F)ccc2o1. The summed E-state index contributed by atoms with van der Waals surface area (Å²) in [5.41, 5.74) is 0.732. The molecule has 2 heterocycles. The summed E-state index contributed by atoms with van der Waals surface area (Å²) >= 11 is 0. The smallest absolute Gasteiger partial charge is 0.414 e. The third kappa shape index (κ3) is 4.45. The molecule has 27 heavy (non-hydrogen) atoms. The number of benzene rings is 1. The van der Waals surface area contributed by atoms with Crippen molar-refractivity contribution in [1.29, 1.82) is 0 Å². The van der Waals surface area contributed by atoms with Gasteiger partial charge in [-0.3, -0.25) is 9.78 Å². The number of unbranched alkanes of at least 4 members (excludes halogenated alkanes) is 1. The molecule has 3 rings (SSSR count). The van der Waals surface area contributed by atoms with Crippen LogP contribution in [-0.4, -0.2) is 22.1 Å². The summed E-state index contributed by atoms with van der Waals surface area (Å²) < 4.78 is 45.7. The Balaban J connectivity index is 1.83. The zero-order valence-electron chi connectivity index (χ0n) is 14.6. The standard InChI is InChI=1S/C19H18F3N3O2/c1-2-3-7-16-24-14-11-12(8-9-15(14)27-16)18(26)25-17(19(20,21)22)13-6-4-5-10-23-13/h4-6,8-11,17H,2-3,7H2,1H3,(H,25,26)/t17-/m1/s1. The molecular formula is C19H18F3N3O2. The van der Waals surface area contributed by atoms with E-state index in [1.165, 1.54) is 42.6 Å². The molecule has 5 nitrogen and oxygen atoms in total. The molecule has 0 bridgehead atoms. The van der Waals surface area contributed by atoms with Gasteiger partial charge in [0.25, 0.3) is 5.91 Å². The molecular weight excluding hydrogens is 359 g/mol. The van der Waals surface area contributed by atoms with E-state index in [1.54, 1.807) is 0 Å². The molecule has 0 aliphatic heterocycles. The Morgan fingerprint density at radius 1 is 1.26 bits per heavy atom. The summed E-state index contributed by atoms with van der Waals surface area (Å²) in [7, 11) is 0. The fourth-order valence-corrected chi connectivity index (χ4v) is 2.64. The Labute approximate surface area is 153 Å². The van der Waals surface area contributed by atoms with Crippen LogP contribution >= 0.6 is 0 Å². The quantitative estimate of drug-likeness (QED) is 0.682. The second-order valence-electron chi connectivity index (χ2n) is 6.10. The van der Waals surface area contributed by atoms with Crippen LogP contribution < -0.4 is 5.32 Å². The lowest BCUT2D eigenvalue weighted by atomic mass is 10.1. The minimum Gasteiger partial charge on any atom is -0.441 e. The highest BCUT2D eigenvalue weighted by atomic mass is 19.4. The molecule has 1 aromatic carbocycles. The number of hydrogen-bond donors (Lipinski definition) is 1. The van der Waals surface area contributed by atoms with Crippen LogP contribution in [0.25, 0.3) is 11.1 Å². The van der Waals surface area contributed by atoms with Crippen molar-refractivity contribution in [3.8, 4) is 0 Å². The van der Waals surface area contributed by atoms with Crippen molar-refractivity contribution in [1.82, 2.24) is 15.3 Å². The molecule has 0 saturated heterocycles. The predicted molar refractivity (Wildman–Crippen MR) is 93.1 cm³/mol. The summed E-state index contributed by atoms with van der Waals surface area (Å²) in [6.45, 7) is 2.05. The first-order valence-electron chi connectivity index (χ1n) is 8.56. The van der Waals surface area contributed by atoms with Gasteiger partial charge >= 0.3 is 6.18 Å². The zero-order valence-corrected chi connectivity index (χ0v) is 14.6. The topological polar surface area (TPSA) is 68.0 Å². The molecule has 1 amide bonds. The monoisotopic (exact) mass is 377 g/mol. The van der Waals surface area contributed by atoms with Crippen molar-refractivity contribution >= 4 is 17.0 Å². The highest BCUT2D eigenvalue weighted by molar-refractivity contribution is 5.97. The Morgan fingerprint density at radius 2 is 2.07 bits per heavy atom. The van der Waals surface area contributed by atoms with Gasteiger partial charge in [0.2, 0.25) is 0 Å². The van der Waals surface area contributed by atoms with Gasteiger partial charge in [0, 0.05) is 18.2 Å². The van der Waals surface area contributed by atoms with Crippen LogP contribution in [0.4, 0.5) is 13.2 Å². The third-order valence-electron chi connectivity index (χ3n) is 4.02. The first kappa shape index (κ1) is 18.9. The lowest BCUT2D eigenvalue weighted by Crippen LogP contribution is -2.38. The minimum absolute atomic E-state index is 0.0722. The van der Waals surface area contributed by atoms with E-state index >= 15 is 0 Å². The van der Waals surface area contributed by atoms with Crippen LogP contribution in [0.2, 0.25) is 0 Å². The van der Waals surface area contributed by atoms with E-state index in [2.05, 4.69) is 9.97 Å². The maximum Gasteiger partial charge on any atom is 0.414 e. The van der Waals surface area contributed by atoms with Crippen LogP contribution in [0, 0.1) is 0 Å². The maximum absolute atomic E-state index is 13.4. The number of amides is 1. The number of alkyl halides is 3. The van der Waals surface area contributed by atoms with E-state index in [1.807, 2.05) is 12.2 Å². The predicted octanol–water partition coefficient (Wildman–Crippen LogP) is 4.60. The first-order chi connectivity index (χ1) is 12.9. The van der Waals surface area contributed by atoms with Crippen LogP contribution in [0.5, 0.6) is 0 Å². The summed E-state index contributed by atoms with van der Waals surface area (Å²) in [5.74, 6) is -0.311. The molecule has 2 aromatic heterocycles. The van der Waals surface area contributed by atoms with Crippen LogP contribution in [0.15, 0.2) is 47.0 Å². The Hall–Kier alpha value is -2.90. The Morgan fingerprint density at radius 3 is 2.74 bits per heavy atom. The highest BCUT2D eigenvalue weighted by Gasteiger charge is 2.43. The Bertz CT molecular complexity index is 923. The van der Waals surface area contributed by atoms with Crippen molar-refractivity contribution < 1.29 is 22.4 Å². The number of halogens is 3. The van der Waals surface area contributed by atoms with Gasteiger partial charge in [-0.1, -0.05) is 19.4 Å². The largest absolute Gasteiger partial charge is 0.441 e. The van der Waals surface area contributed by atoms with Crippen molar-refractivity contribution in [3.05, 3.63) is 59.7 Å². The van der Waals surface area contributed by atoms with Crippen molar-refractivity contribution in [2.24, 2.45) is 0 Å². The fraction of sp³-hybridized carbons (Fsp3) is 0.316. The minimum atomic E-state index is -4.67. The van der Waals surface area contributed by atoms with E-state index in [0.717, 1.165) is 12.8 Å². The summed E-state index contributed by atoms with van der Waals surface area (Å²) in [6, 6.07) is 6.35. The highest BCUT2D eigenvalue weighted by Crippen LogP contribution is 2.32. The van der Waals surface area contributed by atoms with Crippen LogP contribution in [0.3, 0.4) is 0 Å². The van der Waals surface area contributed by atoms with Gasteiger partial charge in [-0.25, -0.2) is 4.98 Å².